The quantitative estimate of drug-likeness (QED) is 0.803. The molecule has 0 bridgehead atoms. The van der Waals surface area contributed by atoms with Gasteiger partial charge in [0.25, 0.3) is 0 Å². The number of aryl methyl sites for hydroxylation is 1. The minimum absolute atomic E-state index is 0.0501. The number of benzene rings is 1. The van der Waals surface area contributed by atoms with Crippen LogP contribution in [-0.4, -0.2) is 66.0 Å². The normalized spacial score (nSPS) is 22.2. The summed E-state index contributed by atoms with van der Waals surface area (Å²) in [5, 5.41) is 9.10. The zero-order valence-electron chi connectivity index (χ0n) is 16.3. The first-order valence-electron chi connectivity index (χ1n) is 9.90. The van der Waals surface area contributed by atoms with Crippen LogP contribution in [0.5, 0.6) is 5.75 Å². The first-order valence-corrected chi connectivity index (χ1v) is 9.90. The van der Waals surface area contributed by atoms with Crippen LogP contribution in [0.2, 0.25) is 0 Å². The molecular formula is C21H28N2O5. The fourth-order valence-corrected chi connectivity index (χ4v) is 4.07. The lowest BCUT2D eigenvalue weighted by Crippen LogP contribution is -2.51. The molecule has 2 aliphatic rings. The maximum absolute atomic E-state index is 12.6. The second-order valence-electron chi connectivity index (χ2n) is 7.60. The van der Waals surface area contributed by atoms with Crippen molar-refractivity contribution in [3.05, 3.63) is 29.8 Å². The van der Waals surface area contributed by atoms with Crippen LogP contribution in [0.4, 0.5) is 0 Å². The number of rotatable bonds is 6. The fraction of sp³-hybridized carbons (Fsp3) is 0.571. The second kappa shape index (κ2) is 9.08. The average molecular weight is 388 g/mol. The van der Waals surface area contributed by atoms with Crippen LogP contribution in [0.25, 0.3) is 0 Å². The summed E-state index contributed by atoms with van der Waals surface area (Å²) in [4.78, 5) is 39.8. The number of aliphatic carboxylic acids is 1. The highest BCUT2D eigenvalue weighted by Crippen LogP contribution is 2.32. The number of carboxylic acids is 1. The number of methoxy groups -OCH3 is 1. The van der Waals surface area contributed by atoms with Crippen LogP contribution in [-0.2, 0) is 20.8 Å². The molecule has 152 valence electrons. The zero-order chi connectivity index (χ0) is 20.1. The van der Waals surface area contributed by atoms with Gasteiger partial charge in [0.2, 0.25) is 11.8 Å². The molecule has 1 saturated heterocycles. The number of carbonyl (C=O) groups excluding carboxylic acids is 2. The maximum atomic E-state index is 12.6. The van der Waals surface area contributed by atoms with Gasteiger partial charge in [-0.15, -0.1) is 0 Å². The number of carbonyl (C=O) groups is 3. The summed E-state index contributed by atoms with van der Waals surface area (Å²) in [5.41, 5.74) is 1.09. The molecule has 1 aliphatic heterocycles. The van der Waals surface area contributed by atoms with Crippen LogP contribution in [0, 0.1) is 11.8 Å². The monoisotopic (exact) mass is 388 g/mol. The summed E-state index contributed by atoms with van der Waals surface area (Å²) in [6.45, 7) is 2.15. The van der Waals surface area contributed by atoms with Gasteiger partial charge in [-0.2, -0.15) is 0 Å². The Balaban J connectivity index is 1.42. The number of ether oxygens (including phenoxy) is 1. The summed E-state index contributed by atoms with van der Waals surface area (Å²) in [6.07, 6.45) is 2.80. The van der Waals surface area contributed by atoms with Crippen molar-refractivity contribution in [2.24, 2.45) is 11.8 Å². The van der Waals surface area contributed by atoms with Crippen LogP contribution >= 0.6 is 0 Å². The van der Waals surface area contributed by atoms with E-state index < -0.39 is 11.9 Å². The van der Waals surface area contributed by atoms with Gasteiger partial charge >= 0.3 is 5.97 Å². The van der Waals surface area contributed by atoms with Crippen LogP contribution in [0.15, 0.2) is 24.3 Å². The van der Waals surface area contributed by atoms with Gasteiger partial charge in [0.15, 0.2) is 0 Å². The van der Waals surface area contributed by atoms with E-state index in [1.54, 1.807) is 12.0 Å². The van der Waals surface area contributed by atoms with E-state index in [2.05, 4.69) is 0 Å². The van der Waals surface area contributed by atoms with Crippen LogP contribution in [0.3, 0.4) is 0 Å². The van der Waals surface area contributed by atoms with Crippen molar-refractivity contribution in [2.75, 3.05) is 33.3 Å². The molecule has 1 aromatic carbocycles. The highest BCUT2D eigenvalue weighted by molar-refractivity contribution is 5.82. The highest BCUT2D eigenvalue weighted by Gasteiger charge is 2.36. The molecule has 0 aromatic heterocycles. The summed E-state index contributed by atoms with van der Waals surface area (Å²) in [7, 11) is 1.63. The van der Waals surface area contributed by atoms with Crippen LogP contribution < -0.4 is 4.74 Å². The zero-order valence-corrected chi connectivity index (χ0v) is 16.3. The molecule has 2 atom stereocenters. The summed E-state index contributed by atoms with van der Waals surface area (Å²) in [6, 6.07) is 7.72. The number of hydrogen-bond acceptors (Lipinski definition) is 4. The average Bonchev–Trinajstić information content (AvgIpc) is 3.22. The fourth-order valence-electron chi connectivity index (χ4n) is 4.07. The Morgan fingerprint density at radius 3 is 2.18 bits per heavy atom. The molecule has 7 nitrogen and oxygen atoms in total. The minimum Gasteiger partial charge on any atom is -0.497 e. The van der Waals surface area contributed by atoms with Gasteiger partial charge in [-0.05, 0) is 43.4 Å². The SMILES string of the molecule is COc1ccc(CCC(=O)N2CCN(C(=O)[C@@H]3CC[C@H](C(=O)O)C3)CC2)cc1. The van der Waals surface area contributed by atoms with E-state index in [-0.39, 0.29) is 17.7 Å². The van der Waals surface area contributed by atoms with Crippen molar-refractivity contribution in [2.45, 2.75) is 32.1 Å². The Labute approximate surface area is 165 Å². The van der Waals surface area contributed by atoms with Crippen molar-refractivity contribution in [3.63, 3.8) is 0 Å². The topological polar surface area (TPSA) is 87.2 Å². The van der Waals surface area contributed by atoms with Crippen molar-refractivity contribution in [3.8, 4) is 5.75 Å². The van der Waals surface area contributed by atoms with Crippen molar-refractivity contribution >= 4 is 17.8 Å². The van der Waals surface area contributed by atoms with Gasteiger partial charge in [-0.1, -0.05) is 12.1 Å². The summed E-state index contributed by atoms with van der Waals surface area (Å²) in [5.74, 6) is -0.424. The minimum atomic E-state index is -0.803. The largest absolute Gasteiger partial charge is 0.497 e. The van der Waals surface area contributed by atoms with Gasteiger partial charge < -0.3 is 19.6 Å². The molecule has 1 heterocycles. The Morgan fingerprint density at radius 1 is 1.00 bits per heavy atom. The maximum Gasteiger partial charge on any atom is 0.306 e. The van der Waals surface area contributed by atoms with Gasteiger partial charge in [0.1, 0.15) is 5.75 Å². The second-order valence-corrected chi connectivity index (χ2v) is 7.60. The summed E-state index contributed by atoms with van der Waals surface area (Å²) >= 11 is 0. The molecule has 2 fully saturated rings. The molecule has 0 unspecified atom stereocenters. The number of nitrogens with zero attached hydrogens (tertiary/aromatic N) is 2. The van der Waals surface area contributed by atoms with E-state index in [0.717, 1.165) is 11.3 Å². The predicted molar refractivity (Wildman–Crippen MR) is 103 cm³/mol. The molecule has 7 heteroatoms. The van der Waals surface area contributed by atoms with E-state index in [1.165, 1.54) is 0 Å². The third kappa shape index (κ3) is 4.82. The van der Waals surface area contributed by atoms with Crippen LogP contribution in [0.1, 0.15) is 31.2 Å². The lowest BCUT2D eigenvalue weighted by Gasteiger charge is -2.36. The third-order valence-corrected chi connectivity index (χ3v) is 5.86. The molecular weight excluding hydrogens is 360 g/mol. The molecule has 28 heavy (non-hydrogen) atoms. The van der Waals surface area contributed by atoms with E-state index in [4.69, 9.17) is 9.84 Å². The molecule has 3 rings (SSSR count). The molecule has 1 saturated carbocycles. The van der Waals surface area contributed by atoms with Gasteiger partial charge in [0.05, 0.1) is 13.0 Å². The van der Waals surface area contributed by atoms with Gasteiger partial charge in [-0.25, -0.2) is 0 Å². The summed E-state index contributed by atoms with van der Waals surface area (Å²) < 4.78 is 5.14. The van der Waals surface area contributed by atoms with Gasteiger partial charge in [0, 0.05) is 38.5 Å². The van der Waals surface area contributed by atoms with Crippen molar-refractivity contribution in [1.82, 2.24) is 9.80 Å². The number of amides is 2. The number of piperazine rings is 1. The lowest BCUT2D eigenvalue weighted by molar-refractivity contribution is -0.143. The number of hydrogen-bond donors (Lipinski definition) is 1. The van der Waals surface area contributed by atoms with Crippen molar-refractivity contribution < 1.29 is 24.2 Å². The lowest BCUT2D eigenvalue weighted by atomic mass is 10.0. The molecule has 0 spiro atoms. The van der Waals surface area contributed by atoms with E-state index in [0.29, 0.717) is 58.3 Å². The van der Waals surface area contributed by atoms with E-state index in [9.17, 15) is 14.4 Å². The Bertz CT molecular complexity index is 710. The first kappa shape index (κ1) is 20.2. The van der Waals surface area contributed by atoms with Crippen molar-refractivity contribution in [1.29, 1.82) is 0 Å². The Morgan fingerprint density at radius 2 is 1.61 bits per heavy atom. The molecule has 1 aromatic rings. The first-order chi connectivity index (χ1) is 13.5. The van der Waals surface area contributed by atoms with E-state index in [1.807, 2.05) is 29.2 Å². The Hall–Kier alpha value is -2.57. The van der Waals surface area contributed by atoms with E-state index >= 15 is 0 Å². The highest BCUT2D eigenvalue weighted by atomic mass is 16.5. The van der Waals surface area contributed by atoms with Gasteiger partial charge in [-0.3, -0.25) is 14.4 Å². The Kier molecular flexibility index (Phi) is 6.54. The molecule has 1 N–H and O–H groups in total. The number of carboxylic acid groups (broad SMARTS) is 1. The molecule has 1 aliphatic carbocycles. The molecule has 2 amide bonds. The predicted octanol–water partition coefficient (Wildman–Crippen LogP) is 1.80. The molecule has 0 radical (unpaired) electrons. The standard InChI is InChI=1S/C21H28N2O5/c1-28-18-7-2-15(3-8-18)4-9-19(24)22-10-12-23(13-11-22)20(25)16-5-6-17(14-16)21(26)27/h2-3,7-8,16-17H,4-6,9-14H2,1H3,(H,26,27)/t16-,17+/m1/s1. The smallest absolute Gasteiger partial charge is 0.306 e. The third-order valence-electron chi connectivity index (χ3n) is 5.86.